The summed E-state index contributed by atoms with van der Waals surface area (Å²) >= 11 is 1.64. The molecule has 0 aliphatic carbocycles. The van der Waals surface area contributed by atoms with Crippen molar-refractivity contribution in [2.75, 3.05) is 13.6 Å². The van der Waals surface area contributed by atoms with Crippen molar-refractivity contribution in [2.45, 2.75) is 45.9 Å². The zero-order chi connectivity index (χ0) is 16.4. The second-order valence-electron chi connectivity index (χ2n) is 6.40. The van der Waals surface area contributed by atoms with Crippen LogP contribution >= 0.6 is 11.3 Å². The van der Waals surface area contributed by atoms with Crippen LogP contribution in [-0.4, -0.2) is 44.9 Å². The molecule has 1 amide bonds. The van der Waals surface area contributed by atoms with Gasteiger partial charge in [-0.1, -0.05) is 6.07 Å². The molecule has 3 heterocycles. The first kappa shape index (κ1) is 16.2. The van der Waals surface area contributed by atoms with E-state index in [2.05, 4.69) is 35.3 Å². The van der Waals surface area contributed by atoms with Crippen LogP contribution in [0.2, 0.25) is 0 Å². The van der Waals surface area contributed by atoms with E-state index in [4.69, 9.17) is 0 Å². The van der Waals surface area contributed by atoms with E-state index in [-0.39, 0.29) is 5.91 Å². The third kappa shape index (κ3) is 3.64. The van der Waals surface area contributed by atoms with Gasteiger partial charge in [-0.25, -0.2) is 4.98 Å². The van der Waals surface area contributed by atoms with Gasteiger partial charge < -0.3 is 9.47 Å². The van der Waals surface area contributed by atoms with E-state index in [0.717, 1.165) is 30.3 Å². The summed E-state index contributed by atoms with van der Waals surface area (Å²) < 4.78 is 2.27. The Balaban J connectivity index is 1.65. The second-order valence-corrected chi connectivity index (χ2v) is 7.43. The molecule has 3 rings (SSSR count). The molecule has 0 fully saturated rings. The standard InChI is InChI=1S/C17H24N4OS/c1-13(2)19(3)11-14-10-18-16-12-20(6-7-21(14)16)17(22)9-15-5-4-8-23-15/h4-5,8,10,13H,6-7,9,11-12H2,1-3H3. The van der Waals surface area contributed by atoms with E-state index in [1.807, 2.05) is 28.6 Å². The highest BCUT2D eigenvalue weighted by Gasteiger charge is 2.24. The monoisotopic (exact) mass is 332 g/mol. The van der Waals surface area contributed by atoms with Gasteiger partial charge in [0, 0.05) is 36.8 Å². The number of rotatable bonds is 5. The molecule has 23 heavy (non-hydrogen) atoms. The van der Waals surface area contributed by atoms with Crippen LogP contribution in [0.4, 0.5) is 0 Å². The van der Waals surface area contributed by atoms with Crippen molar-refractivity contribution < 1.29 is 4.79 Å². The normalized spacial score (nSPS) is 14.6. The largest absolute Gasteiger partial charge is 0.333 e. The Bertz CT molecular complexity index is 662. The molecule has 6 heteroatoms. The van der Waals surface area contributed by atoms with Crippen LogP contribution in [0.5, 0.6) is 0 Å². The van der Waals surface area contributed by atoms with Crippen molar-refractivity contribution >= 4 is 17.2 Å². The number of aromatic nitrogens is 2. The summed E-state index contributed by atoms with van der Waals surface area (Å²) in [4.78, 5) is 22.3. The summed E-state index contributed by atoms with van der Waals surface area (Å²) in [5.41, 5.74) is 1.24. The first-order chi connectivity index (χ1) is 11.0. The number of hydrogen-bond acceptors (Lipinski definition) is 4. The van der Waals surface area contributed by atoms with Crippen molar-refractivity contribution in [1.82, 2.24) is 19.4 Å². The number of fused-ring (bicyclic) bond motifs is 1. The Kier molecular flexibility index (Phi) is 4.82. The predicted molar refractivity (Wildman–Crippen MR) is 92.3 cm³/mol. The van der Waals surface area contributed by atoms with Gasteiger partial charge in [0.25, 0.3) is 0 Å². The Morgan fingerprint density at radius 2 is 2.26 bits per heavy atom. The minimum atomic E-state index is 0.197. The molecular formula is C17H24N4OS. The van der Waals surface area contributed by atoms with Gasteiger partial charge in [0.15, 0.2) is 0 Å². The summed E-state index contributed by atoms with van der Waals surface area (Å²) in [6, 6.07) is 4.52. The molecule has 1 aliphatic heterocycles. The topological polar surface area (TPSA) is 41.4 Å². The average molecular weight is 332 g/mol. The van der Waals surface area contributed by atoms with Crippen LogP contribution in [0.3, 0.4) is 0 Å². The third-order valence-electron chi connectivity index (χ3n) is 4.50. The maximum atomic E-state index is 12.4. The van der Waals surface area contributed by atoms with E-state index in [1.54, 1.807) is 11.3 Å². The van der Waals surface area contributed by atoms with Crippen molar-refractivity contribution in [3.63, 3.8) is 0 Å². The number of nitrogens with zero attached hydrogens (tertiary/aromatic N) is 4. The number of thiophene rings is 1. The van der Waals surface area contributed by atoms with E-state index in [0.29, 0.717) is 19.0 Å². The summed E-state index contributed by atoms with van der Waals surface area (Å²) in [6.07, 6.45) is 2.46. The Labute approximate surface area is 141 Å². The lowest BCUT2D eigenvalue weighted by molar-refractivity contribution is -0.131. The molecular weight excluding hydrogens is 308 g/mol. The molecule has 0 saturated heterocycles. The smallest absolute Gasteiger partial charge is 0.228 e. The molecule has 0 unspecified atom stereocenters. The van der Waals surface area contributed by atoms with Crippen LogP contribution in [0, 0.1) is 0 Å². The second kappa shape index (κ2) is 6.84. The zero-order valence-corrected chi connectivity index (χ0v) is 14.8. The van der Waals surface area contributed by atoms with E-state index in [9.17, 15) is 4.79 Å². The van der Waals surface area contributed by atoms with Crippen LogP contribution in [-0.2, 0) is 30.8 Å². The molecule has 0 bridgehead atoms. The van der Waals surface area contributed by atoms with E-state index < -0.39 is 0 Å². The molecule has 0 atom stereocenters. The number of hydrogen-bond donors (Lipinski definition) is 0. The minimum Gasteiger partial charge on any atom is -0.333 e. The Morgan fingerprint density at radius 3 is 2.96 bits per heavy atom. The average Bonchev–Trinajstić information content (AvgIpc) is 3.16. The fraction of sp³-hybridized carbons (Fsp3) is 0.529. The lowest BCUT2D eigenvalue weighted by Crippen LogP contribution is -2.40. The van der Waals surface area contributed by atoms with Crippen LogP contribution in [0.15, 0.2) is 23.7 Å². The molecule has 0 N–H and O–H groups in total. The van der Waals surface area contributed by atoms with Gasteiger partial charge in [-0.2, -0.15) is 0 Å². The van der Waals surface area contributed by atoms with Gasteiger partial charge >= 0.3 is 0 Å². The molecule has 2 aromatic rings. The molecule has 124 valence electrons. The minimum absolute atomic E-state index is 0.197. The fourth-order valence-electron chi connectivity index (χ4n) is 2.77. The number of imidazole rings is 1. The van der Waals surface area contributed by atoms with Crippen molar-refractivity contribution in [2.24, 2.45) is 0 Å². The van der Waals surface area contributed by atoms with Gasteiger partial charge in [-0.3, -0.25) is 9.69 Å². The molecule has 0 saturated carbocycles. The molecule has 1 aliphatic rings. The van der Waals surface area contributed by atoms with Crippen molar-refractivity contribution in [1.29, 1.82) is 0 Å². The molecule has 0 radical (unpaired) electrons. The van der Waals surface area contributed by atoms with E-state index in [1.165, 1.54) is 5.69 Å². The predicted octanol–water partition coefficient (Wildman–Crippen LogP) is 2.37. The quantitative estimate of drug-likeness (QED) is 0.844. The van der Waals surface area contributed by atoms with Crippen molar-refractivity contribution in [3.05, 3.63) is 40.1 Å². The zero-order valence-electron chi connectivity index (χ0n) is 14.0. The highest BCUT2D eigenvalue weighted by molar-refractivity contribution is 7.10. The molecule has 0 aromatic carbocycles. The Morgan fingerprint density at radius 1 is 1.43 bits per heavy atom. The lowest BCUT2D eigenvalue weighted by atomic mass is 10.2. The third-order valence-corrected chi connectivity index (χ3v) is 5.37. The van der Waals surface area contributed by atoms with Gasteiger partial charge in [0.1, 0.15) is 5.82 Å². The molecule has 2 aromatic heterocycles. The number of carbonyl (C=O) groups excluding carboxylic acids is 1. The van der Waals surface area contributed by atoms with Gasteiger partial charge in [0.2, 0.25) is 5.91 Å². The first-order valence-corrected chi connectivity index (χ1v) is 8.96. The highest BCUT2D eigenvalue weighted by atomic mass is 32.1. The number of amides is 1. The summed E-state index contributed by atoms with van der Waals surface area (Å²) in [5, 5.41) is 2.02. The van der Waals surface area contributed by atoms with Crippen LogP contribution in [0.25, 0.3) is 0 Å². The maximum absolute atomic E-state index is 12.4. The highest BCUT2D eigenvalue weighted by Crippen LogP contribution is 2.18. The number of carbonyl (C=O) groups is 1. The fourth-order valence-corrected chi connectivity index (χ4v) is 3.47. The maximum Gasteiger partial charge on any atom is 0.228 e. The van der Waals surface area contributed by atoms with Crippen LogP contribution in [0.1, 0.15) is 30.2 Å². The van der Waals surface area contributed by atoms with E-state index >= 15 is 0 Å². The van der Waals surface area contributed by atoms with Crippen LogP contribution < -0.4 is 0 Å². The van der Waals surface area contributed by atoms with Crippen molar-refractivity contribution in [3.8, 4) is 0 Å². The summed E-state index contributed by atoms with van der Waals surface area (Å²) in [5.74, 6) is 1.20. The van der Waals surface area contributed by atoms with Gasteiger partial charge in [-0.05, 0) is 32.3 Å². The molecule has 5 nitrogen and oxygen atoms in total. The van der Waals surface area contributed by atoms with Gasteiger partial charge in [-0.15, -0.1) is 11.3 Å². The molecule has 0 spiro atoms. The summed E-state index contributed by atoms with van der Waals surface area (Å²) in [6.45, 7) is 7.51. The SMILES string of the molecule is CC(C)N(C)Cc1cnc2n1CCN(C(=O)Cc1cccs1)C2. The lowest BCUT2D eigenvalue weighted by Gasteiger charge is -2.29. The van der Waals surface area contributed by atoms with Gasteiger partial charge in [0.05, 0.1) is 18.7 Å². The summed E-state index contributed by atoms with van der Waals surface area (Å²) in [7, 11) is 2.13. The Hall–Kier alpha value is -1.66. The first-order valence-electron chi connectivity index (χ1n) is 8.08.